The van der Waals surface area contributed by atoms with Crippen LogP contribution >= 0.6 is 0 Å². The van der Waals surface area contributed by atoms with Crippen LogP contribution in [0.4, 0.5) is 0 Å². The normalized spacial score (nSPS) is 13.7. The van der Waals surface area contributed by atoms with Gasteiger partial charge in [0.25, 0.3) is 0 Å². The van der Waals surface area contributed by atoms with E-state index in [-0.39, 0.29) is 18.9 Å². The fraction of sp³-hybridized carbons (Fsp3) is 0.894. The van der Waals surface area contributed by atoms with Gasteiger partial charge in [-0.3, -0.25) is 4.79 Å². The second-order valence-corrected chi connectivity index (χ2v) is 16.0. The van der Waals surface area contributed by atoms with Gasteiger partial charge >= 0.3 is 0 Å². The summed E-state index contributed by atoms with van der Waals surface area (Å²) in [7, 11) is 0. The molecule has 0 aromatic heterocycles. The molecule has 0 fully saturated rings. The maximum Gasteiger partial charge on any atom is 0.222 e. The Morgan fingerprint density at radius 2 is 0.808 bits per heavy atom. The highest BCUT2D eigenvalue weighted by molar-refractivity contribution is 5.76. The summed E-state index contributed by atoms with van der Waals surface area (Å²) in [6, 6.07) is -0.745. The highest BCUT2D eigenvalue weighted by atomic mass is 16.3. The van der Waals surface area contributed by atoms with E-state index >= 15 is 0 Å². The third kappa shape index (κ3) is 38.6. The van der Waals surface area contributed by atoms with Crippen LogP contribution in [0.2, 0.25) is 0 Å². The maximum absolute atomic E-state index is 12.4. The van der Waals surface area contributed by atoms with Crippen molar-refractivity contribution >= 4 is 5.91 Å². The van der Waals surface area contributed by atoms with Gasteiger partial charge in [-0.25, -0.2) is 0 Å². The van der Waals surface area contributed by atoms with Crippen LogP contribution in [0.25, 0.3) is 0 Å². The summed E-state index contributed by atoms with van der Waals surface area (Å²) in [4.78, 5) is 12.4. The minimum atomic E-state index is -0.929. The number of amides is 1. The lowest BCUT2D eigenvalue weighted by molar-refractivity contribution is -0.124. The van der Waals surface area contributed by atoms with Gasteiger partial charge in [0.05, 0.1) is 31.3 Å². The highest BCUT2D eigenvalue weighted by Crippen LogP contribution is 2.16. The molecular formula is C47H91NO4. The van der Waals surface area contributed by atoms with Crippen LogP contribution in [0.5, 0.6) is 0 Å². The van der Waals surface area contributed by atoms with Crippen molar-refractivity contribution in [2.24, 2.45) is 0 Å². The zero-order valence-corrected chi connectivity index (χ0v) is 35.0. The summed E-state index contributed by atoms with van der Waals surface area (Å²) >= 11 is 0. The summed E-state index contributed by atoms with van der Waals surface area (Å²) in [5, 5.41) is 33.3. The number of allylic oxidation sites excluding steroid dienone is 3. The van der Waals surface area contributed by atoms with Gasteiger partial charge in [-0.05, 0) is 44.9 Å². The predicted octanol–water partition coefficient (Wildman–Crippen LogP) is 13.4. The monoisotopic (exact) mass is 734 g/mol. The second kappa shape index (κ2) is 42.6. The fourth-order valence-corrected chi connectivity index (χ4v) is 7.16. The van der Waals surface area contributed by atoms with E-state index in [0.717, 1.165) is 38.5 Å². The summed E-state index contributed by atoms with van der Waals surface area (Å²) in [5.41, 5.74) is 0. The molecule has 0 saturated carbocycles. The molecule has 0 aromatic carbocycles. The lowest BCUT2D eigenvalue weighted by Gasteiger charge is -2.21. The summed E-state index contributed by atoms with van der Waals surface area (Å²) < 4.78 is 0. The molecule has 0 spiro atoms. The molecule has 0 radical (unpaired) electrons. The molecule has 1 amide bonds. The van der Waals surface area contributed by atoms with Crippen LogP contribution in [0, 0.1) is 0 Å². The molecular weight excluding hydrogens is 643 g/mol. The molecule has 5 heteroatoms. The maximum atomic E-state index is 12.4. The Bertz CT molecular complexity index is 768. The fourth-order valence-electron chi connectivity index (χ4n) is 7.16. The van der Waals surface area contributed by atoms with Crippen molar-refractivity contribution in [2.75, 3.05) is 6.61 Å². The van der Waals surface area contributed by atoms with E-state index in [4.69, 9.17) is 0 Å². The van der Waals surface area contributed by atoms with E-state index in [9.17, 15) is 20.1 Å². The summed E-state index contributed by atoms with van der Waals surface area (Å²) in [5.74, 6) is -0.318. The van der Waals surface area contributed by atoms with Crippen LogP contribution in [0.15, 0.2) is 24.3 Å². The number of unbranched alkanes of at least 4 members (excludes halogenated alkanes) is 31. The minimum absolute atomic E-state index is 0.00989. The third-order valence-corrected chi connectivity index (χ3v) is 10.7. The van der Waals surface area contributed by atoms with Crippen molar-refractivity contribution in [2.45, 2.75) is 263 Å². The molecule has 3 atom stereocenters. The van der Waals surface area contributed by atoms with E-state index in [0.29, 0.717) is 6.42 Å². The topological polar surface area (TPSA) is 89.8 Å². The molecule has 0 heterocycles. The molecule has 0 rings (SSSR count). The number of hydrogen-bond donors (Lipinski definition) is 4. The minimum Gasteiger partial charge on any atom is -0.394 e. The summed E-state index contributed by atoms with van der Waals surface area (Å²) in [6.45, 7) is 4.22. The number of carbonyl (C=O) groups excluding carboxylic acids is 1. The zero-order valence-electron chi connectivity index (χ0n) is 35.0. The molecule has 5 nitrogen and oxygen atoms in total. The smallest absolute Gasteiger partial charge is 0.222 e. The number of rotatable bonds is 42. The van der Waals surface area contributed by atoms with Crippen molar-refractivity contribution in [3.05, 3.63) is 24.3 Å². The first-order valence-corrected chi connectivity index (χ1v) is 23.1. The lowest BCUT2D eigenvalue weighted by Crippen LogP contribution is -2.45. The quantitative estimate of drug-likeness (QED) is 0.0371. The molecule has 0 aromatic rings. The van der Waals surface area contributed by atoms with Crippen molar-refractivity contribution < 1.29 is 20.1 Å². The zero-order chi connectivity index (χ0) is 38.0. The standard InChI is InChI=1S/C47H91NO4/c1-3-5-7-9-11-13-15-17-19-21-22-23-24-25-26-28-30-32-34-36-38-40-44(50)42-47(52)48-45(43-49)46(51)41-39-37-35-33-31-29-27-20-18-16-14-12-10-8-6-4-2/h25-26,39,41,44-46,49-51H,3-24,27-38,40,42-43H2,1-2H3,(H,48,52)/b26-25-,41-39+. The molecule has 52 heavy (non-hydrogen) atoms. The van der Waals surface area contributed by atoms with E-state index < -0.39 is 18.2 Å². The van der Waals surface area contributed by atoms with Gasteiger partial charge in [0.15, 0.2) is 0 Å². The molecule has 0 aliphatic carbocycles. The van der Waals surface area contributed by atoms with Gasteiger partial charge in [0.1, 0.15) is 0 Å². The highest BCUT2D eigenvalue weighted by Gasteiger charge is 2.20. The molecule has 4 N–H and O–H groups in total. The van der Waals surface area contributed by atoms with Gasteiger partial charge in [0, 0.05) is 0 Å². The second-order valence-electron chi connectivity index (χ2n) is 16.0. The van der Waals surface area contributed by atoms with Gasteiger partial charge in [-0.15, -0.1) is 0 Å². The Balaban J connectivity index is 3.65. The molecule has 0 aliphatic rings. The van der Waals surface area contributed by atoms with E-state index in [1.165, 1.54) is 180 Å². The van der Waals surface area contributed by atoms with Crippen molar-refractivity contribution in [1.29, 1.82) is 0 Å². The SMILES string of the molecule is CCCCCCCCCCCCCC/C=C\CCCCCCCC(O)CC(=O)NC(CO)C(O)/C=C/CCCCCCCCCCCCCCCC. The third-order valence-electron chi connectivity index (χ3n) is 10.7. The Morgan fingerprint density at radius 1 is 0.481 bits per heavy atom. The van der Waals surface area contributed by atoms with Gasteiger partial charge < -0.3 is 20.6 Å². The first-order valence-electron chi connectivity index (χ1n) is 23.1. The van der Waals surface area contributed by atoms with E-state index in [2.05, 4.69) is 31.3 Å². The Labute approximate surface area is 324 Å². The molecule has 0 bridgehead atoms. The molecule has 0 aliphatic heterocycles. The van der Waals surface area contributed by atoms with Crippen molar-refractivity contribution in [3.8, 4) is 0 Å². The van der Waals surface area contributed by atoms with Crippen LogP contribution in [0.1, 0.15) is 245 Å². The predicted molar refractivity (Wildman–Crippen MR) is 227 cm³/mol. The molecule has 0 saturated heterocycles. The van der Waals surface area contributed by atoms with Crippen molar-refractivity contribution in [3.63, 3.8) is 0 Å². The van der Waals surface area contributed by atoms with Crippen molar-refractivity contribution in [1.82, 2.24) is 5.32 Å². The molecule has 308 valence electrons. The van der Waals surface area contributed by atoms with Crippen LogP contribution in [-0.4, -0.2) is 46.1 Å². The lowest BCUT2D eigenvalue weighted by atomic mass is 10.0. The molecule has 3 unspecified atom stereocenters. The largest absolute Gasteiger partial charge is 0.394 e. The van der Waals surface area contributed by atoms with E-state index in [1.54, 1.807) is 6.08 Å². The number of aliphatic hydroxyl groups excluding tert-OH is 3. The summed E-state index contributed by atoms with van der Waals surface area (Å²) in [6.07, 6.45) is 51.8. The van der Waals surface area contributed by atoms with E-state index in [1.807, 2.05) is 6.08 Å². The Morgan fingerprint density at radius 3 is 1.17 bits per heavy atom. The first kappa shape index (κ1) is 50.8. The average molecular weight is 734 g/mol. The van der Waals surface area contributed by atoms with Gasteiger partial charge in [-0.2, -0.15) is 0 Å². The first-order chi connectivity index (χ1) is 25.5. The van der Waals surface area contributed by atoms with Crippen LogP contribution in [-0.2, 0) is 4.79 Å². The number of aliphatic hydroxyl groups is 3. The number of carbonyl (C=O) groups is 1. The van der Waals surface area contributed by atoms with Crippen LogP contribution in [0.3, 0.4) is 0 Å². The van der Waals surface area contributed by atoms with Gasteiger partial charge in [-0.1, -0.05) is 218 Å². The average Bonchev–Trinajstić information content (AvgIpc) is 3.14. The van der Waals surface area contributed by atoms with Crippen LogP contribution < -0.4 is 5.32 Å². The Hall–Kier alpha value is -1.17. The van der Waals surface area contributed by atoms with Gasteiger partial charge in [0.2, 0.25) is 5.91 Å². The number of nitrogens with one attached hydrogen (secondary N) is 1. The number of hydrogen-bond acceptors (Lipinski definition) is 4. The Kier molecular flexibility index (Phi) is 41.6.